The summed E-state index contributed by atoms with van der Waals surface area (Å²) in [7, 11) is 1.65. The van der Waals surface area contributed by atoms with Crippen LogP contribution in [-0.4, -0.2) is 35.6 Å². The van der Waals surface area contributed by atoms with Crippen molar-refractivity contribution < 1.29 is 19.0 Å². The Kier molecular flexibility index (Phi) is 5.30. The number of hydrogen-bond acceptors (Lipinski definition) is 6. The number of methoxy groups -OCH3 is 1. The summed E-state index contributed by atoms with van der Waals surface area (Å²) in [6, 6.07) is 19.2. The number of fused-ring (bicyclic) bond motifs is 4. The van der Waals surface area contributed by atoms with Gasteiger partial charge < -0.3 is 19.5 Å². The van der Waals surface area contributed by atoms with E-state index < -0.39 is 0 Å². The molecule has 176 valence electrons. The first-order valence-corrected chi connectivity index (χ1v) is 12.2. The average molecular weight is 486 g/mol. The molecule has 2 aromatic heterocycles. The van der Waals surface area contributed by atoms with E-state index in [1.54, 1.807) is 18.4 Å². The van der Waals surface area contributed by atoms with Crippen LogP contribution in [0.25, 0.3) is 26.4 Å². The molecule has 0 spiro atoms. The molecular formula is C27H23N3O4S. The molecule has 0 unspecified atom stereocenters. The first-order valence-electron chi connectivity index (χ1n) is 11.4. The van der Waals surface area contributed by atoms with Crippen molar-refractivity contribution in [1.29, 1.82) is 0 Å². The third kappa shape index (κ3) is 3.95. The Morgan fingerprint density at radius 1 is 1.06 bits per heavy atom. The number of amides is 1. The quantitative estimate of drug-likeness (QED) is 0.357. The highest BCUT2D eigenvalue weighted by molar-refractivity contribution is 7.23. The number of nitrogens with zero attached hydrogens (tertiary/aromatic N) is 2. The molecule has 7 nitrogen and oxygen atoms in total. The zero-order chi connectivity index (χ0) is 23.9. The zero-order valence-electron chi connectivity index (χ0n) is 19.3. The van der Waals surface area contributed by atoms with Gasteiger partial charge in [-0.2, -0.15) is 0 Å². The number of rotatable bonds is 5. The van der Waals surface area contributed by atoms with Crippen LogP contribution in [0.4, 0.5) is 0 Å². The summed E-state index contributed by atoms with van der Waals surface area (Å²) in [6.07, 6.45) is 2.03. The highest BCUT2D eigenvalue weighted by Crippen LogP contribution is 2.33. The molecule has 3 aromatic carbocycles. The second kappa shape index (κ2) is 8.63. The topological polar surface area (TPSA) is 74.1 Å². The Balaban J connectivity index is 1.23. The van der Waals surface area contributed by atoms with E-state index in [0.717, 1.165) is 43.5 Å². The van der Waals surface area contributed by atoms with Gasteiger partial charge in [0.15, 0.2) is 16.5 Å². The first kappa shape index (κ1) is 21.5. The highest BCUT2D eigenvalue weighted by Gasteiger charge is 2.18. The highest BCUT2D eigenvalue weighted by atomic mass is 32.1. The van der Waals surface area contributed by atoms with Crippen LogP contribution >= 0.6 is 11.3 Å². The van der Waals surface area contributed by atoms with Crippen LogP contribution in [0, 0.1) is 0 Å². The number of aromatic nitrogens is 2. The van der Waals surface area contributed by atoms with Crippen molar-refractivity contribution in [2.75, 3.05) is 20.3 Å². The molecule has 1 amide bonds. The summed E-state index contributed by atoms with van der Waals surface area (Å²) in [5, 5.41) is 3.09. The summed E-state index contributed by atoms with van der Waals surface area (Å²) in [4.78, 5) is 18.7. The van der Waals surface area contributed by atoms with E-state index in [1.807, 2.05) is 73.8 Å². The van der Waals surface area contributed by atoms with Crippen molar-refractivity contribution in [3.05, 3.63) is 78.0 Å². The summed E-state index contributed by atoms with van der Waals surface area (Å²) < 4.78 is 19.6. The fourth-order valence-corrected chi connectivity index (χ4v) is 5.28. The molecule has 8 heteroatoms. The van der Waals surface area contributed by atoms with Gasteiger partial charge in [0, 0.05) is 17.3 Å². The number of ether oxygens (including phenoxy) is 3. The first-order chi connectivity index (χ1) is 17.1. The summed E-state index contributed by atoms with van der Waals surface area (Å²) in [5.41, 5.74) is 4.52. The molecule has 1 aliphatic heterocycles. The Morgan fingerprint density at radius 2 is 1.86 bits per heavy atom. The molecule has 0 fully saturated rings. The molecule has 0 saturated carbocycles. The lowest BCUT2D eigenvalue weighted by atomic mass is 10.1. The molecule has 0 aliphatic carbocycles. The number of carbonyl (C=O) groups excluding carboxylic acids is 1. The SMILES string of the molecule is COc1ccc(-c2cn3c(n2)sc2cc(C(=O)N[C@H](C)c4ccc5c(c4)OCCO5)ccc23)cc1. The smallest absolute Gasteiger partial charge is 0.251 e. The van der Waals surface area contributed by atoms with E-state index in [0.29, 0.717) is 24.5 Å². The lowest BCUT2D eigenvalue weighted by Crippen LogP contribution is -2.26. The Bertz CT molecular complexity index is 1550. The van der Waals surface area contributed by atoms with Gasteiger partial charge in [-0.25, -0.2) is 4.98 Å². The predicted octanol–water partition coefficient (Wildman–Crippen LogP) is 5.49. The fourth-order valence-electron chi connectivity index (χ4n) is 4.24. The van der Waals surface area contributed by atoms with Gasteiger partial charge in [-0.1, -0.05) is 17.4 Å². The minimum absolute atomic E-state index is 0.126. The Hall–Kier alpha value is -4.04. The van der Waals surface area contributed by atoms with Gasteiger partial charge in [0.1, 0.15) is 19.0 Å². The van der Waals surface area contributed by atoms with Crippen molar-refractivity contribution >= 4 is 32.4 Å². The van der Waals surface area contributed by atoms with Gasteiger partial charge in [0.05, 0.1) is 29.1 Å². The molecule has 35 heavy (non-hydrogen) atoms. The van der Waals surface area contributed by atoms with Crippen molar-refractivity contribution in [1.82, 2.24) is 14.7 Å². The van der Waals surface area contributed by atoms with Crippen LogP contribution in [0.2, 0.25) is 0 Å². The summed E-state index contributed by atoms with van der Waals surface area (Å²) in [6.45, 7) is 3.04. The van der Waals surface area contributed by atoms with E-state index in [-0.39, 0.29) is 11.9 Å². The van der Waals surface area contributed by atoms with Crippen molar-refractivity contribution in [3.8, 4) is 28.5 Å². The predicted molar refractivity (Wildman–Crippen MR) is 136 cm³/mol. The van der Waals surface area contributed by atoms with Gasteiger partial charge in [-0.15, -0.1) is 0 Å². The van der Waals surface area contributed by atoms with E-state index >= 15 is 0 Å². The van der Waals surface area contributed by atoms with Crippen LogP contribution in [0.3, 0.4) is 0 Å². The number of imidazole rings is 1. The lowest BCUT2D eigenvalue weighted by molar-refractivity contribution is 0.0940. The lowest BCUT2D eigenvalue weighted by Gasteiger charge is -2.21. The molecule has 1 N–H and O–H groups in total. The van der Waals surface area contributed by atoms with Gasteiger partial charge in [-0.05, 0) is 67.1 Å². The molecule has 1 atom stereocenters. The van der Waals surface area contributed by atoms with Gasteiger partial charge >= 0.3 is 0 Å². The van der Waals surface area contributed by atoms with E-state index in [1.165, 1.54) is 0 Å². The number of carbonyl (C=O) groups is 1. The molecule has 0 bridgehead atoms. The maximum atomic E-state index is 13.0. The molecule has 1 aliphatic rings. The van der Waals surface area contributed by atoms with E-state index in [2.05, 4.69) is 9.72 Å². The largest absolute Gasteiger partial charge is 0.497 e. The maximum Gasteiger partial charge on any atom is 0.251 e. The Labute approximate surface area is 205 Å². The number of nitrogens with one attached hydrogen (secondary N) is 1. The summed E-state index contributed by atoms with van der Waals surface area (Å²) in [5.74, 6) is 2.14. The Morgan fingerprint density at radius 3 is 2.66 bits per heavy atom. The normalized spacial score (nSPS) is 13.7. The molecule has 6 rings (SSSR count). The van der Waals surface area contributed by atoms with Crippen LogP contribution in [-0.2, 0) is 0 Å². The van der Waals surface area contributed by atoms with E-state index in [4.69, 9.17) is 19.2 Å². The molecule has 0 saturated heterocycles. The van der Waals surface area contributed by atoms with Crippen molar-refractivity contribution in [3.63, 3.8) is 0 Å². The third-order valence-electron chi connectivity index (χ3n) is 6.16. The number of hydrogen-bond donors (Lipinski definition) is 1. The average Bonchev–Trinajstić information content (AvgIpc) is 3.46. The number of thiazole rings is 1. The molecular weight excluding hydrogens is 462 g/mol. The van der Waals surface area contributed by atoms with Crippen LogP contribution < -0.4 is 19.5 Å². The second-order valence-corrected chi connectivity index (χ2v) is 9.40. The van der Waals surface area contributed by atoms with Gasteiger partial charge in [-0.3, -0.25) is 9.20 Å². The summed E-state index contributed by atoms with van der Waals surface area (Å²) >= 11 is 1.56. The monoisotopic (exact) mass is 485 g/mol. The van der Waals surface area contributed by atoms with Crippen LogP contribution in [0.1, 0.15) is 28.9 Å². The standard InChI is InChI=1S/C27H23N3O4S/c1-16(18-6-10-23-24(13-18)34-12-11-33-23)28-26(31)19-5-9-22-25(14-19)35-27-29-21(15-30(22)27)17-3-7-20(32-2)8-4-17/h3-10,13-16H,11-12H2,1-2H3,(H,28,31)/t16-/m1/s1. The number of benzene rings is 3. The van der Waals surface area contributed by atoms with Gasteiger partial charge in [0.25, 0.3) is 5.91 Å². The van der Waals surface area contributed by atoms with Crippen LogP contribution in [0.15, 0.2) is 66.9 Å². The third-order valence-corrected chi connectivity index (χ3v) is 7.17. The zero-order valence-corrected chi connectivity index (χ0v) is 20.1. The van der Waals surface area contributed by atoms with Gasteiger partial charge in [0.2, 0.25) is 0 Å². The minimum atomic E-state index is -0.179. The van der Waals surface area contributed by atoms with Crippen molar-refractivity contribution in [2.45, 2.75) is 13.0 Å². The second-order valence-electron chi connectivity index (χ2n) is 8.39. The fraction of sp³-hybridized carbons (Fsp3) is 0.185. The molecule has 3 heterocycles. The molecule has 5 aromatic rings. The van der Waals surface area contributed by atoms with Crippen molar-refractivity contribution in [2.24, 2.45) is 0 Å². The van der Waals surface area contributed by atoms with E-state index in [9.17, 15) is 4.79 Å². The molecule has 0 radical (unpaired) electrons. The van der Waals surface area contributed by atoms with Crippen LogP contribution in [0.5, 0.6) is 17.2 Å². The minimum Gasteiger partial charge on any atom is -0.497 e. The maximum absolute atomic E-state index is 13.0.